The molecule has 3 aromatic rings. The van der Waals surface area contributed by atoms with Crippen molar-refractivity contribution in [2.24, 2.45) is 0 Å². The predicted octanol–water partition coefficient (Wildman–Crippen LogP) is 4.23. The van der Waals surface area contributed by atoms with Crippen LogP contribution in [0, 0.1) is 6.92 Å². The Balaban J connectivity index is 2.09. The highest BCUT2D eigenvalue weighted by molar-refractivity contribution is 5.82. The van der Waals surface area contributed by atoms with Gasteiger partial charge in [0.15, 0.2) is 0 Å². The van der Waals surface area contributed by atoms with E-state index in [2.05, 4.69) is 55.2 Å². The molecule has 3 rings (SSSR count). The van der Waals surface area contributed by atoms with Gasteiger partial charge in [-0.1, -0.05) is 32.9 Å². The van der Waals surface area contributed by atoms with E-state index in [4.69, 9.17) is 4.98 Å². The van der Waals surface area contributed by atoms with Gasteiger partial charge in [0, 0.05) is 11.1 Å². The molecule has 2 heterocycles. The lowest BCUT2D eigenvalue weighted by Gasteiger charge is -2.19. The molecule has 0 bridgehead atoms. The van der Waals surface area contributed by atoms with Gasteiger partial charge in [-0.15, -0.1) is 0 Å². The van der Waals surface area contributed by atoms with Gasteiger partial charge in [-0.3, -0.25) is 5.10 Å². The lowest BCUT2D eigenvalue weighted by molar-refractivity contribution is 0.591. The Morgan fingerprint density at radius 2 is 1.75 bits per heavy atom. The number of nitrogens with one attached hydrogen (secondary N) is 1. The van der Waals surface area contributed by atoms with E-state index in [-0.39, 0.29) is 5.41 Å². The Bertz CT molecular complexity index is 763. The van der Waals surface area contributed by atoms with Gasteiger partial charge < -0.3 is 0 Å². The first kappa shape index (κ1) is 12.9. The smallest absolute Gasteiger partial charge is 0.111 e. The minimum absolute atomic E-state index is 0.159. The Kier molecular flexibility index (Phi) is 2.85. The Morgan fingerprint density at radius 1 is 0.950 bits per heavy atom. The second kappa shape index (κ2) is 4.44. The van der Waals surface area contributed by atoms with Crippen LogP contribution in [-0.2, 0) is 5.41 Å². The SMILES string of the molecule is Cc1cc(-c2ccc3cc(C(C)(C)C)ccc3n2)n[nH]1. The van der Waals surface area contributed by atoms with Crippen LogP contribution in [0.25, 0.3) is 22.3 Å². The van der Waals surface area contributed by atoms with Gasteiger partial charge >= 0.3 is 0 Å². The van der Waals surface area contributed by atoms with Crippen LogP contribution in [0.3, 0.4) is 0 Å². The third-order valence-corrected chi connectivity index (χ3v) is 3.52. The summed E-state index contributed by atoms with van der Waals surface area (Å²) in [4.78, 5) is 4.70. The molecule has 0 atom stereocenters. The van der Waals surface area contributed by atoms with Crippen molar-refractivity contribution in [3.8, 4) is 11.4 Å². The summed E-state index contributed by atoms with van der Waals surface area (Å²) in [5.41, 5.74) is 5.34. The Morgan fingerprint density at radius 3 is 2.40 bits per heavy atom. The van der Waals surface area contributed by atoms with E-state index in [1.54, 1.807) is 0 Å². The summed E-state index contributed by atoms with van der Waals surface area (Å²) in [6, 6.07) is 12.6. The second-order valence-electron chi connectivity index (χ2n) is 6.29. The van der Waals surface area contributed by atoms with Crippen LogP contribution in [0.2, 0.25) is 0 Å². The van der Waals surface area contributed by atoms with Gasteiger partial charge in [-0.25, -0.2) is 4.98 Å². The van der Waals surface area contributed by atoms with E-state index in [1.807, 2.05) is 19.1 Å². The molecule has 0 unspecified atom stereocenters. The molecular weight excluding hydrogens is 246 g/mol. The van der Waals surface area contributed by atoms with Gasteiger partial charge in [-0.05, 0) is 42.2 Å². The van der Waals surface area contributed by atoms with Gasteiger partial charge in [-0.2, -0.15) is 5.10 Å². The molecule has 0 spiro atoms. The topological polar surface area (TPSA) is 41.6 Å². The fourth-order valence-corrected chi connectivity index (χ4v) is 2.28. The molecule has 102 valence electrons. The molecule has 0 saturated carbocycles. The molecular formula is C17H19N3. The minimum Gasteiger partial charge on any atom is -0.282 e. The van der Waals surface area contributed by atoms with Crippen molar-refractivity contribution < 1.29 is 0 Å². The van der Waals surface area contributed by atoms with Crippen molar-refractivity contribution in [3.05, 3.63) is 47.7 Å². The molecule has 0 fully saturated rings. The van der Waals surface area contributed by atoms with Crippen molar-refractivity contribution in [3.63, 3.8) is 0 Å². The monoisotopic (exact) mass is 265 g/mol. The number of fused-ring (bicyclic) bond motifs is 1. The van der Waals surface area contributed by atoms with Crippen LogP contribution in [0.15, 0.2) is 36.4 Å². The van der Waals surface area contributed by atoms with Crippen LogP contribution < -0.4 is 0 Å². The van der Waals surface area contributed by atoms with Crippen molar-refractivity contribution in [1.82, 2.24) is 15.2 Å². The fraction of sp³-hybridized carbons (Fsp3) is 0.294. The van der Waals surface area contributed by atoms with E-state index in [1.165, 1.54) is 10.9 Å². The van der Waals surface area contributed by atoms with Crippen molar-refractivity contribution in [2.45, 2.75) is 33.1 Å². The zero-order valence-electron chi connectivity index (χ0n) is 12.4. The van der Waals surface area contributed by atoms with E-state index in [0.29, 0.717) is 0 Å². The summed E-state index contributed by atoms with van der Waals surface area (Å²) in [6.07, 6.45) is 0. The Labute approximate surface area is 119 Å². The summed E-state index contributed by atoms with van der Waals surface area (Å²) >= 11 is 0. The van der Waals surface area contributed by atoms with Crippen LogP contribution in [-0.4, -0.2) is 15.2 Å². The summed E-state index contributed by atoms with van der Waals surface area (Å²) in [7, 11) is 0. The number of H-pyrrole nitrogens is 1. The van der Waals surface area contributed by atoms with Crippen molar-refractivity contribution >= 4 is 10.9 Å². The van der Waals surface area contributed by atoms with Crippen molar-refractivity contribution in [1.29, 1.82) is 0 Å². The Hall–Kier alpha value is -2.16. The number of rotatable bonds is 1. The van der Waals surface area contributed by atoms with Crippen LogP contribution in [0.1, 0.15) is 32.0 Å². The van der Waals surface area contributed by atoms with E-state index in [9.17, 15) is 0 Å². The quantitative estimate of drug-likeness (QED) is 0.715. The highest BCUT2D eigenvalue weighted by Crippen LogP contribution is 2.26. The highest BCUT2D eigenvalue weighted by Gasteiger charge is 2.14. The van der Waals surface area contributed by atoms with Crippen LogP contribution in [0.4, 0.5) is 0 Å². The zero-order chi connectivity index (χ0) is 14.3. The normalized spacial score (nSPS) is 12.0. The molecule has 2 aromatic heterocycles. The zero-order valence-corrected chi connectivity index (χ0v) is 12.4. The maximum Gasteiger partial charge on any atom is 0.111 e. The van der Waals surface area contributed by atoms with Crippen molar-refractivity contribution in [2.75, 3.05) is 0 Å². The predicted molar refractivity (Wildman–Crippen MR) is 82.8 cm³/mol. The molecule has 1 N–H and O–H groups in total. The lowest BCUT2D eigenvalue weighted by atomic mass is 9.86. The average Bonchev–Trinajstić information content (AvgIpc) is 2.83. The molecule has 0 aliphatic carbocycles. The third kappa shape index (κ3) is 2.31. The standard InChI is InChI=1S/C17H19N3/c1-11-9-16(20-19-11)15-7-5-12-10-13(17(2,3)4)6-8-14(12)18-15/h5-10H,1-4H3,(H,19,20). The van der Waals surface area contributed by atoms with Gasteiger partial charge in [0.2, 0.25) is 0 Å². The number of pyridine rings is 1. The molecule has 0 aliphatic rings. The number of benzene rings is 1. The lowest BCUT2D eigenvalue weighted by Crippen LogP contribution is -2.10. The van der Waals surface area contributed by atoms with Crippen LogP contribution in [0.5, 0.6) is 0 Å². The number of aromatic amines is 1. The molecule has 0 amide bonds. The summed E-state index contributed by atoms with van der Waals surface area (Å²) < 4.78 is 0. The molecule has 0 radical (unpaired) electrons. The molecule has 3 heteroatoms. The number of hydrogen-bond donors (Lipinski definition) is 1. The number of aryl methyl sites for hydroxylation is 1. The molecule has 3 nitrogen and oxygen atoms in total. The second-order valence-corrected chi connectivity index (χ2v) is 6.29. The average molecular weight is 265 g/mol. The fourth-order valence-electron chi connectivity index (χ4n) is 2.28. The third-order valence-electron chi connectivity index (χ3n) is 3.52. The minimum atomic E-state index is 0.159. The molecule has 0 saturated heterocycles. The molecule has 0 aliphatic heterocycles. The maximum atomic E-state index is 4.70. The number of nitrogens with zero attached hydrogens (tertiary/aromatic N) is 2. The number of aromatic nitrogens is 3. The van der Waals surface area contributed by atoms with E-state index in [0.717, 1.165) is 22.6 Å². The summed E-state index contributed by atoms with van der Waals surface area (Å²) in [5, 5.41) is 8.39. The highest BCUT2D eigenvalue weighted by atomic mass is 15.1. The van der Waals surface area contributed by atoms with Gasteiger partial charge in [0.1, 0.15) is 5.69 Å². The molecule has 20 heavy (non-hydrogen) atoms. The van der Waals surface area contributed by atoms with Gasteiger partial charge in [0.05, 0.1) is 11.2 Å². The first-order valence-corrected chi connectivity index (χ1v) is 6.87. The first-order valence-electron chi connectivity index (χ1n) is 6.87. The first-order chi connectivity index (χ1) is 9.43. The van der Waals surface area contributed by atoms with Crippen LogP contribution >= 0.6 is 0 Å². The van der Waals surface area contributed by atoms with E-state index >= 15 is 0 Å². The summed E-state index contributed by atoms with van der Waals surface area (Å²) in [5.74, 6) is 0. The van der Waals surface area contributed by atoms with Gasteiger partial charge in [0.25, 0.3) is 0 Å². The summed E-state index contributed by atoms with van der Waals surface area (Å²) in [6.45, 7) is 8.67. The number of hydrogen-bond acceptors (Lipinski definition) is 2. The van der Waals surface area contributed by atoms with E-state index < -0.39 is 0 Å². The maximum absolute atomic E-state index is 4.70. The molecule has 1 aromatic carbocycles. The largest absolute Gasteiger partial charge is 0.282 e.